The van der Waals surface area contributed by atoms with Gasteiger partial charge in [0, 0.05) is 31.3 Å². The molecule has 158 valence electrons. The maximum Gasteiger partial charge on any atom is 0.202 e. The zero-order valence-electron chi connectivity index (χ0n) is 17.7. The van der Waals surface area contributed by atoms with Crippen molar-refractivity contribution in [1.29, 1.82) is 0 Å². The van der Waals surface area contributed by atoms with E-state index in [0.717, 1.165) is 53.6 Å². The standard InChI is InChI=1S/C22H27N5O2S/c1-15-19(29-14-23-15)20-24-25-21(26(20)2)30-9-5-8-27-12-17-11-22(17,13-27)16-6-4-7-18(10-16)28-3/h4,6-7,10,14,17H,5,8-9,11-13H2,1-3H3/t17-,22?/m1/s1. The van der Waals surface area contributed by atoms with Crippen molar-refractivity contribution >= 4 is 11.8 Å². The van der Waals surface area contributed by atoms with Gasteiger partial charge in [0.1, 0.15) is 5.75 Å². The zero-order valence-corrected chi connectivity index (χ0v) is 18.5. The van der Waals surface area contributed by atoms with Crippen molar-refractivity contribution < 1.29 is 9.15 Å². The van der Waals surface area contributed by atoms with E-state index in [1.54, 1.807) is 18.9 Å². The third-order valence-electron chi connectivity index (χ3n) is 6.49. The number of thioether (sulfide) groups is 1. The van der Waals surface area contributed by atoms with Crippen LogP contribution in [0.25, 0.3) is 11.6 Å². The molecular weight excluding hydrogens is 398 g/mol. The van der Waals surface area contributed by atoms with Gasteiger partial charge in [-0.1, -0.05) is 23.9 Å². The first-order chi connectivity index (χ1) is 14.6. The minimum Gasteiger partial charge on any atom is -0.497 e. The lowest BCUT2D eigenvalue weighted by Crippen LogP contribution is -2.27. The van der Waals surface area contributed by atoms with Gasteiger partial charge in [-0.2, -0.15) is 0 Å². The molecule has 0 amide bonds. The number of oxazole rings is 1. The summed E-state index contributed by atoms with van der Waals surface area (Å²) < 4.78 is 12.9. The number of ether oxygens (including phenoxy) is 1. The molecule has 1 aliphatic carbocycles. The van der Waals surface area contributed by atoms with Crippen LogP contribution in [0, 0.1) is 12.8 Å². The highest BCUT2D eigenvalue weighted by Crippen LogP contribution is 2.59. The summed E-state index contributed by atoms with van der Waals surface area (Å²) in [5.74, 6) is 4.20. The molecular formula is C22H27N5O2S. The van der Waals surface area contributed by atoms with E-state index < -0.39 is 0 Å². The summed E-state index contributed by atoms with van der Waals surface area (Å²) in [6.07, 6.45) is 3.90. The number of fused-ring (bicyclic) bond motifs is 1. The van der Waals surface area contributed by atoms with Crippen molar-refractivity contribution in [3.8, 4) is 17.3 Å². The molecule has 2 atom stereocenters. The lowest BCUT2D eigenvalue weighted by Gasteiger charge is -2.21. The smallest absolute Gasteiger partial charge is 0.202 e. The van der Waals surface area contributed by atoms with Crippen molar-refractivity contribution in [3.05, 3.63) is 41.9 Å². The lowest BCUT2D eigenvalue weighted by molar-refractivity contribution is 0.299. The Balaban J connectivity index is 1.13. The van der Waals surface area contributed by atoms with Crippen molar-refractivity contribution in [2.45, 2.75) is 30.3 Å². The number of benzene rings is 1. The number of piperidine rings is 1. The van der Waals surface area contributed by atoms with Crippen LogP contribution in [0.2, 0.25) is 0 Å². The fourth-order valence-electron chi connectivity index (χ4n) is 4.74. The average Bonchev–Trinajstić information content (AvgIpc) is 3.05. The van der Waals surface area contributed by atoms with Crippen LogP contribution < -0.4 is 4.74 Å². The van der Waals surface area contributed by atoms with E-state index in [4.69, 9.17) is 9.15 Å². The number of aryl methyl sites for hydroxylation is 1. The van der Waals surface area contributed by atoms with Gasteiger partial charge in [0.25, 0.3) is 0 Å². The minimum atomic E-state index is 0.356. The molecule has 0 bridgehead atoms. The lowest BCUT2D eigenvalue weighted by atomic mass is 9.95. The molecule has 1 aliphatic heterocycles. The van der Waals surface area contributed by atoms with Gasteiger partial charge in [-0.15, -0.1) is 10.2 Å². The molecule has 0 radical (unpaired) electrons. The predicted molar refractivity (Wildman–Crippen MR) is 116 cm³/mol. The van der Waals surface area contributed by atoms with E-state index in [2.05, 4.69) is 38.3 Å². The van der Waals surface area contributed by atoms with E-state index in [1.807, 2.05) is 24.6 Å². The summed E-state index contributed by atoms with van der Waals surface area (Å²) >= 11 is 1.75. The average molecular weight is 426 g/mol. The number of hydrogen-bond acceptors (Lipinski definition) is 7. The molecule has 3 aromatic rings. The molecule has 3 heterocycles. The van der Waals surface area contributed by atoms with E-state index in [1.165, 1.54) is 24.9 Å². The molecule has 0 spiro atoms. The Morgan fingerprint density at radius 3 is 3.03 bits per heavy atom. The molecule has 30 heavy (non-hydrogen) atoms. The van der Waals surface area contributed by atoms with Crippen molar-refractivity contribution in [2.75, 3.05) is 32.5 Å². The fraction of sp³-hybridized carbons (Fsp3) is 0.500. The van der Waals surface area contributed by atoms with Gasteiger partial charge < -0.3 is 18.6 Å². The van der Waals surface area contributed by atoms with Crippen LogP contribution in [-0.2, 0) is 12.5 Å². The number of rotatable bonds is 8. The molecule has 8 heteroatoms. The second kappa shape index (κ2) is 7.74. The van der Waals surface area contributed by atoms with Gasteiger partial charge in [0.15, 0.2) is 17.3 Å². The van der Waals surface area contributed by atoms with E-state index >= 15 is 0 Å². The number of aromatic nitrogens is 4. The zero-order chi connectivity index (χ0) is 20.7. The summed E-state index contributed by atoms with van der Waals surface area (Å²) in [4.78, 5) is 6.76. The summed E-state index contributed by atoms with van der Waals surface area (Å²) in [6.45, 7) is 5.41. The van der Waals surface area contributed by atoms with Gasteiger partial charge in [-0.05, 0) is 49.9 Å². The molecule has 2 aromatic heterocycles. The molecule has 1 saturated heterocycles. The Hall–Kier alpha value is -2.32. The molecule has 1 aromatic carbocycles. The van der Waals surface area contributed by atoms with Crippen LogP contribution in [0.1, 0.15) is 24.1 Å². The van der Waals surface area contributed by atoms with Gasteiger partial charge in [-0.3, -0.25) is 0 Å². The SMILES string of the molecule is COc1cccc(C23C[C@@H]2CN(CCCSc2nnc(-c4ocnc4C)n2C)C3)c1. The Bertz CT molecular complexity index is 1050. The van der Waals surface area contributed by atoms with Crippen molar-refractivity contribution in [2.24, 2.45) is 13.0 Å². The topological polar surface area (TPSA) is 69.2 Å². The first-order valence-corrected chi connectivity index (χ1v) is 11.4. The number of likely N-dealkylation sites (tertiary alicyclic amines) is 1. The first-order valence-electron chi connectivity index (χ1n) is 10.4. The number of hydrogen-bond donors (Lipinski definition) is 0. The van der Waals surface area contributed by atoms with Crippen LogP contribution in [0.4, 0.5) is 0 Å². The predicted octanol–water partition coefficient (Wildman–Crippen LogP) is 3.54. The first kappa shape index (κ1) is 19.6. The number of methoxy groups -OCH3 is 1. The highest BCUT2D eigenvalue weighted by atomic mass is 32.2. The van der Waals surface area contributed by atoms with Gasteiger partial charge in [-0.25, -0.2) is 4.98 Å². The largest absolute Gasteiger partial charge is 0.497 e. The second-order valence-corrected chi connectivity index (χ2v) is 9.42. The maximum atomic E-state index is 5.45. The van der Waals surface area contributed by atoms with Crippen molar-refractivity contribution in [3.63, 3.8) is 0 Å². The highest BCUT2D eigenvalue weighted by molar-refractivity contribution is 7.99. The Morgan fingerprint density at radius 1 is 1.33 bits per heavy atom. The summed E-state index contributed by atoms with van der Waals surface area (Å²) in [5.41, 5.74) is 2.63. The van der Waals surface area contributed by atoms with Crippen LogP contribution in [0.15, 0.2) is 40.2 Å². The number of nitrogens with zero attached hydrogens (tertiary/aromatic N) is 5. The molecule has 1 unspecified atom stereocenters. The van der Waals surface area contributed by atoms with Gasteiger partial charge in [0.2, 0.25) is 5.82 Å². The third kappa shape index (κ3) is 3.41. The summed E-state index contributed by atoms with van der Waals surface area (Å²) in [7, 11) is 3.72. The van der Waals surface area contributed by atoms with E-state index in [0.29, 0.717) is 11.2 Å². The van der Waals surface area contributed by atoms with Crippen LogP contribution in [0.3, 0.4) is 0 Å². The fourth-order valence-corrected chi connectivity index (χ4v) is 5.58. The normalized spacial score (nSPS) is 23.0. The highest BCUT2D eigenvalue weighted by Gasteiger charge is 2.60. The monoisotopic (exact) mass is 425 g/mol. The van der Waals surface area contributed by atoms with Crippen LogP contribution in [0.5, 0.6) is 5.75 Å². The molecule has 7 nitrogen and oxygen atoms in total. The molecule has 1 saturated carbocycles. The van der Waals surface area contributed by atoms with Gasteiger partial charge in [0.05, 0.1) is 12.8 Å². The van der Waals surface area contributed by atoms with Crippen LogP contribution >= 0.6 is 11.8 Å². The molecule has 2 fully saturated rings. The Morgan fingerprint density at radius 2 is 2.23 bits per heavy atom. The van der Waals surface area contributed by atoms with E-state index in [9.17, 15) is 0 Å². The molecule has 0 N–H and O–H groups in total. The van der Waals surface area contributed by atoms with E-state index in [-0.39, 0.29) is 0 Å². The van der Waals surface area contributed by atoms with Crippen LogP contribution in [-0.4, -0.2) is 57.1 Å². The Kier molecular flexibility index (Phi) is 5.06. The summed E-state index contributed by atoms with van der Waals surface area (Å²) in [5, 5.41) is 9.53. The van der Waals surface area contributed by atoms with Crippen molar-refractivity contribution in [1.82, 2.24) is 24.6 Å². The molecule has 2 aliphatic rings. The molecule has 5 rings (SSSR count). The summed E-state index contributed by atoms with van der Waals surface area (Å²) in [6, 6.07) is 8.64. The minimum absolute atomic E-state index is 0.356. The van der Waals surface area contributed by atoms with Gasteiger partial charge >= 0.3 is 0 Å². The maximum absolute atomic E-state index is 5.45. The third-order valence-corrected chi connectivity index (χ3v) is 7.60. The Labute approximate surface area is 180 Å². The second-order valence-electron chi connectivity index (χ2n) is 8.36. The quantitative estimate of drug-likeness (QED) is 0.404.